The fourth-order valence-electron chi connectivity index (χ4n) is 1.81. The van der Waals surface area contributed by atoms with Gasteiger partial charge in [0.05, 0.1) is 5.56 Å². The Balaban J connectivity index is 1.90. The molecule has 0 saturated carbocycles. The van der Waals surface area contributed by atoms with E-state index in [1.165, 1.54) is 24.3 Å². The second-order valence-electron chi connectivity index (χ2n) is 5.24. The highest BCUT2D eigenvalue weighted by molar-refractivity contribution is 8.42. The number of aldehydes is 1. The van der Waals surface area contributed by atoms with Gasteiger partial charge < -0.3 is 13.7 Å². The highest BCUT2D eigenvalue weighted by Gasteiger charge is 2.67. The second-order valence-corrected chi connectivity index (χ2v) is 7.21. The topological polar surface area (TPSA) is 78.9 Å². The zero-order valence-electron chi connectivity index (χ0n) is 13.7. The Labute approximate surface area is 154 Å². The zero-order chi connectivity index (χ0) is 21.1. The molecule has 12 heteroatoms. The van der Waals surface area contributed by atoms with Crippen molar-refractivity contribution in [2.75, 3.05) is 6.61 Å². The molecule has 0 atom stereocenters. The van der Waals surface area contributed by atoms with Crippen molar-refractivity contribution < 1.29 is 47.5 Å². The molecule has 0 aliphatic carbocycles. The van der Waals surface area contributed by atoms with Crippen LogP contribution in [0.25, 0.3) is 0 Å². The Kier molecular flexibility index (Phi) is 5.12. The van der Waals surface area contributed by atoms with Crippen LogP contribution in [-0.4, -0.2) is 24.8 Å². The number of esters is 2. The highest BCUT2D eigenvalue weighted by atomic mass is 32.5. The van der Waals surface area contributed by atoms with Gasteiger partial charge in [-0.1, -0.05) is 19.4 Å². The Bertz CT molecular complexity index is 895. The van der Waals surface area contributed by atoms with E-state index in [0.717, 1.165) is 12.1 Å². The summed E-state index contributed by atoms with van der Waals surface area (Å²) in [4.78, 5) is 33.8. The first-order chi connectivity index (χ1) is 12.7. The zero-order valence-corrected chi connectivity index (χ0v) is 14.5. The van der Waals surface area contributed by atoms with Crippen LogP contribution in [-0.2, 0) is 9.53 Å². The first kappa shape index (κ1) is 21.2. The fraction of sp³-hybridized carbons (Fsp3) is 0.0625. The van der Waals surface area contributed by atoms with Crippen LogP contribution in [0.4, 0.5) is 19.4 Å². The lowest BCUT2D eigenvalue weighted by Crippen LogP contribution is -2.19. The average molecular weight is 426 g/mol. The molecule has 0 heterocycles. The molecule has 0 unspecified atom stereocenters. The summed E-state index contributed by atoms with van der Waals surface area (Å²) in [5, 5.41) is 0. The molecule has 0 spiro atoms. The fourth-order valence-corrected chi connectivity index (χ4v) is 2.29. The summed E-state index contributed by atoms with van der Waals surface area (Å²) in [5.41, 5.74) is 0.0430. The molecule has 0 aliphatic heterocycles. The third-order valence-electron chi connectivity index (χ3n) is 2.91. The van der Waals surface area contributed by atoms with Crippen molar-refractivity contribution in [3.05, 3.63) is 59.7 Å². The first-order valence-electron chi connectivity index (χ1n) is 7.22. The number of halogens is 5. The maximum absolute atomic E-state index is 12.2. The standard InChI is InChI=1S/C16H11F5O6S/c17-28(18,19,20,21)27-14-7-3-12(4-8-14)16(24)25-10-15(23)26-13-5-1-11(9-22)2-6-13/h1-9H,10H2. The van der Waals surface area contributed by atoms with Crippen molar-refractivity contribution in [2.45, 2.75) is 0 Å². The number of ether oxygens (including phenoxy) is 2. The summed E-state index contributed by atoms with van der Waals surface area (Å²) < 4.78 is 73.3. The van der Waals surface area contributed by atoms with Gasteiger partial charge in [0.2, 0.25) is 0 Å². The predicted molar refractivity (Wildman–Crippen MR) is 87.9 cm³/mol. The maximum atomic E-state index is 12.2. The van der Waals surface area contributed by atoms with E-state index < -0.39 is 34.8 Å². The minimum absolute atomic E-state index is 0.0872. The van der Waals surface area contributed by atoms with Crippen LogP contribution in [0.1, 0.15) is 20.7 Å². The smallest absolute Gasteiger partial charge is 0.435 e. The third-order valence-corrected chi connectivity index (χ3v) is 3.42. The van der Waals surface area contributed by atoms with Crippen LogP contribution in [0.5, 0.6) is 11.5 Å². The molecular weight excluding hydrogens is 415 g/mol. The second kappa shape index (κ2) is 6.78. The van der Waals surface area contributed by atoms with E-state index in [2.05, 4.69) is 8.92 Å². The molecule has 0 aliphatic rings. The Hall–Kier alpha value is -3.15. The minimum atomic E-state index is -10.1. The predicted octanol–water partition coefficient (Wildman–Crippen LogP) is 4.85. The van der Waals surface area contributed by atoms with Crippen LogP contribution in [0.15, 0.2) is 48.5 Å². The van der Waals surface area contributed by atoms with Crippen molar-refractivity contribution in [2.24, 2.45) is 0 Å². The van der Waals surface area contributed by atoms with Gasteiger partial charge in [-0.2, -0.15) is 0 Å². The Morgan fingerprint density at radius 3 is 1.89 bits per heavy atom. The van der Waals surface area contributed by atoms with Crippen LogP contribution >= 0.6 is 10.5 Å². The maximum Gasteiger partial charge on any atom is 0.435 e. The lowest BCUT2D eigenvalue weighted by atomic mass is 10.2. The van der Waals surface area contributed by atoms with Crippen LogP contribution < -0.4 is 8.92 Å². The molecule has 0 bridgehead atoms. The summed E-state index contributed by atoms with van der Waals surface area (Å²) in [5.74, 6) is -3.20. The summed E-state index contributed by atoms with van der Waals surface area (Å²) >= 11 is 0. The molecule has 2 rings (SSSR count). The summed E-state index contributed by atoms with van der Waals surface area (Å²) in [6.07, 6.45) is 0.584. The van der Waals surface area contributed by atoms with Gasteiger partial charge in [-0.15, -0.1) is 0 Å². The van der Waals surface area contributed by atoms with Crippen molar-refractivity contribution in [3.8, 4) is 11.5 Å². The van der Waals surface area contributed by atoms with Gasteiger partial charge in [0, 0.05) is 5.56 Å². The molecule has 0 radical (unpaired) electrons. The highest BCUT2D eigenvalue weighted by Crippen LogP contribution is 2.97. The van der Waals surface area contributed by atoms with E-state index in [4.69, 9.17) is 4.74 Å². The molecule has 152 valence electrons. The number of hydrogen-bond acceptors (Lipinski definition) is 6. The Morgan fingerprint density at radius 2 is 1.39 bits per heavy atom. The lowest BCUT2D eigenvalue weighted by Gasteiger charge is -2.39. The van der Waals surface area contributed by atoms with Gasteiger partial charge in [0.1, 0.15) is 17.8 Å². The normalized spacial score (nSPS) is 13.6. The quantitative estimate of drug-likeness (QED) is 0.273. The number of hydrogen-bond donors (Lipinski definition) is 0. The monoisotopic (exact) mass is 426 g/mol. The number of carbonyl (C=O) groups excluding carboxylic acids is 3. The summed E-state index contributed by atoms with van der Waals surface area (Å²) in [7, 11) is -10.1. The van der Waals surface area contributed by atoms with Crippen molar-refractivity contribution in [1.29, 1.82) is 0 Å². The third kappa shape index (κ3) is 7.23. The molecule has 0 fully saturated rings. The molecule has 0 saturated heterocycles. The van der Waals surface area contributed by atoms with Gasteiger partial charge in [-0.05, 0) is 48.5 Å². The van der Waals surface area contributed by atoms with Gasteiger partial charge in [-0.3, -0.25) is 4.79 Å². The van der Waals surface area contributed by atoms with E-state index in [1.807, 2.05) is 0 Å². The number of rotatable bonds is 7. The number of carbonyl (C=O) groups is 3. The van der Waals surface area contributed by atoms with Crippen molar-refractivity contribution in [3.63, 3.8) is 0 Å². The lowest BCUT2D eigenvalue weighted by molar-refractivity contribution is -0.137. The molecule has 0 N–H and O–H groups in total. The van der Waals surface area contributed by atoms with Gasteiger partial charge >= 0.3 is 22.4 Å². The van der Waals surface area contributed by atoms with Crippen LogP contribution in [0, 0.1) is 0 Å². The van der Waals surface area contributed by atoms with Crippen LogP contribution in [0.2, 0.25) is 0 Å². The molecular formula is C16H11F5O6S. The molecule has 2 aromatic carbocycles. The van der Waals surface area contributed by atoms with Gasteiger partial charge in [0.25, 0.3) is 0 Å². The SMILES string of the molecule is O=Cc1ccc(OC(=O)COC(=O)c2ccc(OS(F)(F)(F)(F)F)cc2)cc1. The molecule has 28 heavy (non-hydrogen) atoms. The van der Waals surface area contributed by atoms with Gasteiger partial charge in [-0.25, -0.2) is 9.59 Å². The van der Waals surface area contributed by atoms with E-state index in [0.29, 0.717) is 24.0 Å². The first-order valence-corrected chi connectivity index (χ1v) is 9.10. The molecule has 0 aromatic heterocycles. The average Bonchev–Trinajstić information content (AvgIpc) is 2.58. The van der Waals surface area contributed by atoms with Crippen molar-refractivity contribution in [1.82, 2.24) is 0 Å². The minimum Gasteiger partial charge on any atom is -0.450 e. The van der Waals surface area contributed by atoms with E-state index in [-0.39, 0.29) is 11.3 Å². The molecule has 0 amide bonds. The Morgan fingerprint density at radius 1 is 0.857 bits per heavy atom. The number of benzene rings is 2. The van der Waals surface area contributed by atoms with Crippen LogP contribution in [0.3, 0.4) is 0 Å². The summed E-state index contributed by atoms with van der Waals surface area (Å²) in [6.45, 7) is -0.821. The van der Waals surface area contributed by atoms with E-state index in [9.17, 15) is 33.8 Å². The largest absolute Gasteiger partial charge is 0.450 e. The molecule has 2 aromatic rings. The van der Waals surface area contributed by atoms with Crippen molar-refractivity contribution >= 4 is 28.7 Å². The van der Waals surface area contributed by atoms with Gasteiger partial charge in [0.15, 0.2) is 6.61 Å². The van der Waals surface area contributed by atoms with E-state index >= 15 is 0 Å². The van der Waals surface area contributed by atoms with E-state index in [1.54, 1.807) is 0 Å². The molecule has 6 nitrogen and oxygen atoms in total. The summed E-state index contributed by atoms with van der Waals surface area (Å²) in [6, 6.07) is 7.95.